The van der Waals surface area contributed by atoms with Crippen LogP contribution >= 0.6 is 11.3 Å². The minimum Gasteiger partial charge on any atom is -0.461 e. The number of ether oxygens (including phenoxy) is 1. The molecule has 21 heavy (non-hydrogen) atoms. The van der Waals surface area contributed by atoms with Crippen LogP contribution in [0.15, 0.2) is 47.8 Å². The summed E-state index contributed by atoms with van der Waals surface area (Å²) < 4.78 is 6.04. The van der Waals surface area contributed by atoms with Crippen LogP contribution in [-0.4, -0.2) is 17.6 Å². The van der Waals surface area contributed by atoms with Crippen molar-refractivity contribution in [2.24, 2.45) is 0 Å². The summed E-state index contributed by atoms with van der Waals surface area (Å²) in [6, 6.07) is 13.5. The van der Waals surface area contributed by atoms with Crippen LogP contribution in [0.5, 0.6) is 0 Å². The molecule has 0 atom stereocenters. The molecule has 0 aliphatic rings. The minimum atomic E-state index is -0.399. The fourth-order valence-electron chi connectivity index (χ4n) is 2.03. The lowest BCUT2D eigenvalue weighted by atomic mass is 10.2. The van der Waals surface area contributed by atoms with E-state index in [1.54, 1.807) is 24.3 Å². The Kier molecular flexibility index (Phi) is 3.83. The van der Waals surface area contributed by atoms with Crippen LogP contribution in [0.25, 0.3) is 10.1 Å². The van der Waals surface area contributed by atoms with Gasteiger partial charge in [-0.3, -0.25) is 0 Å². The van der Waals surface area contributed by atoms with Crippen molar-refractivity contribution in [1.29, 1.82) is 0 Å². The summed E-state index contributed by atoms with van der Waals surface area (Å²) in [7, 11) is 0. The summed E-state index contributed by atoms with van der Waals surface area (Å²) >= 11 is 1.57. The molecule has 0 radical (unpaired) electrons. The zero-order valence-corrected chi connectivity index (χ0v) is 12.3. The minimum absolute atomic E-state index is 0.324. The van der Waals surface area contributed by atoms with Gasteiger partial charge in [-0.1, -0.05) is 18.2 Å². The van der Waals surface area contributed by atoms with Crippen molar-refractivity contribution in [1.82, 2.24) is 4.98 Å². The number of nitrogens with zero attached hydrogens (tertiary/aromatic N) is 1. The first-order valence-electron chi connectivity index (χ1n) is 6.65. The Bertz CT molecular complexity index is 768. The van der Waals surface area contributed by atoms with Crippen molar-refractivity contribution < 1.29 is 9.53 Å². The third-order valence-electron chi connectivity index (χ3n) is 2.97. The molecule has 3 rings (SSSR count). The van der Waals surface area contributed by atoms with Crippen molar-refractivity contribution >= 4 is 38.9 Å². The molecule has 0 fully saturated rings. The van der Waals surface area contributed by atoms with E-state index in [0.29, 0.717) is 18.1 Å². The van der Waals surface area contributed by atoms with Gasteiger partial charge in [-0.05, 0) is 36.6 Å². The maximum absolute atomic E-state index is 11.9. The van der Waals surface area contributed by atoms with Crippen molar-refractivity contribution in [2.45, 2.75) is 6.92 Å². The molecule has 1 N–H and O–H groups in total. The van der Waals surface area contributed by atoms with Crippen LogP contribution in [-0.2, 0) is 4.74 Å². The van der Waals surface area contributed by atoms with E-state index in [1.165, 1.54) is 0 Å². The van der Waals surface area contributed by atoms with E-state index in [0.717, 1.165) is 15.8 Å². The molecule has 0 saturated heterocycles. The predicted octanol–water partition coefficient (Wildman–Crippen LogP) is 4.22. The van der Waals surface area contributed by atoms with Crippen LogP contribution in [0.1, 0.15) is 17.4 Å². The normalized spacial score (nSPS) is 10.5. The standard InChI is InChI=1S/C16H14N2O2S/c1-2-20-16(19)13-10-14-12(8-9-21-14)15(18-13)17-11-6-4-3-5-7-11/h3-10H,2H2,1H3,(H,17,18). The number of rotatable bonds is 4. The molecule has 0 bridgehead atoms. The Morgan fingerprint density at radius 1 is 1.29 bits per heavy atom. The SMILES string of the molecule is CCOC(=O)c1cc2sccc2c(Nc2ccccc2)n1. The van der Waals surface area contributed by atoms with Crippen molar-refractivity contribution in [3.63, 3.8) is 0 Å². The molecule has 0 saturated carbocycles. The van der Waals surface area contributed by atoms with Crippen LogP contribution in [0.3, 0.4) is 0 Å². The molecule has 0 unspecified atom stereocenters. The third-order valence-corrected chi connectivity index (χ3v) is 3.84. The number of nitrogens with one attached hydrogen (secondary N) is 1. The van der Waals surface area contributed by atoms with E-state index in [-0.39, 0.29) is 0 Å². The maximum atomic E-state index is 11.9. The van der Waals surface area contributed by atoms with Crippen LogP contribution in [0, 0.1) is 0 Å². The smallest absolute Gasteiger partial charge is 0.357 e. The fraction of sp³-hybridized carbons (Fsp3) is 0.125. The number of anilines is 2. The second kappa shape index (κ2) is 5.93. The molecule has 0 aliphatic heterocycles. The molecule has 4 nitrogen and oxygen atoms in total. The fourth-order valence-corrected chi connectivity index (χ4v) is 2.85. The highest BCUT2D eigenvalue weighted by atomic mass is 32.1. The van der Waals surface area contributed by atoms with Gasteiger partial charge in [-0.25, -0.2) is 9.78 Å². The number of pyridine rings is 1. The van der Waals surface area contributed by atoms with E-state index in [4.69, 9.17) is 4.74 Å². The summed E-state index contributed by atoms with van der Waals surface area (Å²) in [4.78, 5) is 16.3. The quantitative estimate of drug-likeness (QED) is 0.733. The molecule has 1 aromatic carbocycles. The zero-order valence-electron chi connectivity index (χ0n) is 11.5. The van der Waals surface area contributed by atoms with Gasteiger partial charge in [0.2, 0.25) is 0 Å². The van der Waals surface area contributed by atoms with Gasteiger partial charge in [-0.2, -0.15) is 0 Å². The zero-order chi connectivity index (χ0) is 14.7. The average Bonchev–Trinajstić information content (AvgIpc) is 2.97. The lowest BCUT2D eigenvalue weighted by Crippen LogP contribution is -2.08. The number of hydrogen-bond acceptors (Lipinski definition) is 5. The molecule has 0 amide bonds. The summed E-state index contributed by atoms with van der Waals surface area (Å²) in [5.74, 6) is 0.270. The number of fused-ring (bicyclic) bond motifs is 1. The number of para-hydroxylation sites is 1. The molecule has 0 aliphatic carbocycles. The van der Waals surface area contributed by atoms with Crippen LogP contribution in [0.4, 0.5) is 11.5 Å². The maximum Gasteiger partial charge on any atom is 0.357 e. The van der Waals surface area contributed by atoms with Crippen LogP contribution < -0.4 is 5.32 Å². The number of aromatic nitrogens is 1. The number of benzene rings is 1. The molecular formula is C16H14N2O2S. The largest absolute Gasteiger partial charge is 0.461 e. The van der Waals surface area contributed by atoms with E-state index in [9.17, 15) is 4.79 Å². The molecule has 106 valence electrons. The van der Waals surface area contributed by atoms with Crippen molar-refractivity contribution in [3.05, 3.63) is 53.5 Å². The third kappa shape index (κ3) is 2.87. The first-order valence-corrected chi connectivity index (χ1v) is 7.53. The van der Waals surface area contributed by atoms with Gasteiger partial charge in [0.05, 0.1) is 6.61 Å². The topological polar surface area (TPSA) is 51.2 Å². The van der Waals surface area contributed by atoms with E-state index < -0.39 is 5.97 Å². The predicted molar refractivity (Wildman–Crippen MR) is 85.3 cm³/mol. The number of thiophene rings is 1. The number of esters is 1. The summed E-state index contributed by atoms with van der Waals surface area (Å²) in [5.41, 5.74) is 1.25. The Morgan fingerprint density at radius 3 is 2.86 bits per heavy atom. The van der Waals surface area contributed by atoms with Gasteiger partial charge in [-0.15, -0.1) is 11.3 Å². The lowest BCUT2D eigenvalue weighted by Gasteiger charge is -2.09. The number of hydrogen-bond donors (Lipinski definition) is 1. The highest BCUT2D eigenvalue weighted by molar-refractivity contribution is 7.17. The first kappa shape index (κ1) is 13.6. The van der Waals surface area contributed by atoms with E-state index >= 15 is 0 Å². The summed E-state index contributed by atoms with van der Waals surface area (Å²) in [6.45, 7) is 2.12. The Hall–Kier alpha value is -2.40. The highest BCUT2D eigenvalue weighted by Crippen LogP contribution is 2.29. The Morgan fingerprint density at radius 2 is 2.10 bits per heavy atom. The van der Waals surface area contributed by atoms with Crippen molar-refractivity contribution in [3.8, 4) is 0 Å². The highest BCUT2D eigenvalue weighted by Gasteiger charge is 2.14. The molecule has 0 spiro atoms. The second-order valence-electron chi connectivity index (χ2n) is 4.40. The molecular weight excluding hydrogens is 284 g/mol. The summed E-state index contributed by atoms with van der Waals surface area (Å²) in [5, 5.41) is 6.24. The van der Waals surface area contributed by atoms with E-state index in [2.05, 4.69) is 10.3 Å². The molecule has 5 heteroatoms. The number of carbonyl (C=O) groups excluding carboxylic acids is 1. The van der Waals surface area contributed by atoms with Crippen molar-refractivity contribution in [2.75, 3.05) is 11.9 Å². The summed E-state index contributed by atoms with van der Waals surface area (Å²) in [6.07, 6.45) is 0. The van der Waals surface area contributed by atoms with Gasteiger partial charge in [0.25, 0.3) is 0 Å². The monoisotopic (exact) mass is 298 g/mol. The van der Waals surface area contributed by atoms with Gasteiger partial charge in [0, 0.05) is 15.8 Å². The van der Waals surface area contributed by atoms with Gasteiger partial charge < -0.3 is 10.1 Å². The lowest BCUT2D eigenvalue weighted by molar-refractivity contribution is 0.0520. The molecule has 3 aromatic rings. The van der Waals surface area contributed by atoms with Gasteiger partial charge in [0.1, 0.15) is 5.82 Å². The van der Waals surface area contributed by atoms with Gasteiger partial charge >= 0.3 is 5.97 Å². The average molecular weight is 298 g/mol. The Balaban J connectivity index is 2.03. The molecule has 2 heterocycles. The first-order chi connectivity index (χ1) is 10.3. The van der Waals surface area contributed by atoms with Crippen LogP contribution in [0.2, 0.25) is 0 Å². The Labute approximate surface area is 126 Å². The van der Waals surface area contributed by atoms with E-state index in [1.807, 2.05) is 41.8 Å². The molecule has 2 aromatic heterocycles. The van der Waals surface area contributed by atoms with Gasteiger partial charge in [0.15, 0.2) is 5.69 Å². The number of carbonyl (C=O) groups is 1. The second-order valence-corrected chi connectivity index (χ2v) is 5.35.